The summed E-state index contributed by atoms with van der Waals surface area (Å²) in [6.07, 6.45) is 0. The number of esters is 2. The van der Waals surface area contributed by atoms with Crippen molar-refractivity contribution >= 4 is 57.2 Å². The second-order valence-corrected chi connectivity index (χ2v) is 6.98. The van der Waals surface area contributed by atoms with E-state index in [-0.39, 0.29) is 10.7 Å². The van der Waals surface area contributed by atoms with E-state index in [1.54, 1.807) is 13.0 Å². The number of carbonyl (C=O) groups is 2. The number of hydrogen-bond acceptors (Lipinski definition) is 6. The molecule has 2 N–H and O–H groups in total. The summed E-state index contributed by atoms with van der Waals surface area (Å²) in [6, 6.07) is 7.38. The van der Waals surface area contributed by atoms with Crippen molar-refractivity contribution in [3.63, 3.8) is 0 Å². The topological polar surface area (TPSA) is 76.7 Å². The van der Waals surface area contributed by atoms with E-state index >= 15 is 0 Å². The maximum atomic E-state index is 12.1. The van der Waals surface area contributed by atoms with Crippen LogP contribution in [0.2, 0.25) is 5.02 Å². The lowest BCUT2D eigenvalue weighted by molar-refractivity contribution is 0.0601. The van der Waals surface area contributed by atoms with Crippen LogP contribution in [0.25, 0.3) is 0 Å². The number of rotatable bonds is 5. The highest BCUT2D eigenvalue weighted by Crippen LogP contribution is 2.34. The van der Waals surface area contributed by atoms with E-state index in [9.17, 15) is 9.59 Å². The summed E-state index contributed by atoms with van der Waals surface area (Å²) in [6.45, 7) is 2.06. The summed E-state index contributed by atoms with van der Waals surface area (Å²) in [5.74, 6) is -1.09. The van der Waals surface area contributed by atoms with Crippen molar-refractivity contribution in [3.05, 3.63) is 50.9 Å². The Morgan fingerprint density at radius 1 is 1.19 bits per heavy atom. The van der Waals surface area contributed by atoms with Gasteiger partial charge in [0.15, 0.2) is 5.11 Å². The molecule has 9 heteroatoms. The number of thiocarbonyl (C=S) groups is 1. The molecule has 0 aliphatic heterocycles. The average molecular weight is 413 g/mol. The zero-order valence-electron chi connectivity index (χ0n) is 14.3. The van der Waals surface area contributed by atoms with Crippen LogP contribution in [-0.2, 0) is 16.0 Å². The Balaban J connectivity index is 2.19. The number of benzene rings is 1. The molecule has 26 heavy (non-hydrogen) atoms. The van der Waals surface area contributed by atoms with Crippen LogP contribution >= 0.6 is 35.2 Å². The minimum Gasteiger partial charge on any atom is -0.465 e. The molecule has 0 radical (unpaired) electrons. The number of methoxy groups -OCH3 is 2. The summed E-state index contributed by atoms with van der Waals surface area (Å²) < 4.78 is 9.56. The van der Waals surface area contributed by atoms with E-state index < -0.39 is 11.9 Å². The van der Waals surface area contributed by atoms with Gasteiger partial charge in [-0.05, 0) is 36.3 Å². The Morgan fingerprint density at radius 2 is 1.85 bits per heavy atom. The Hall–Kier alpha value is -2.16. The number of nitrogens with one attached hydrogen (secondary N) is 2. The molecular formula is C17H17ClN2O4S2. The lowest BCUT2D eigenvalue weighted by atomic mass is 10.1. The normalized spacial score (nSPS) is 10.2. The number of hydrogen-bond donors (Lipinski definition) is 2. The first-order valence-electron chi connectivity index (χ1n) is 7.47. The van der Waals surface area contributed by atoms with Crippen LogP contribution in [0.4, 0.5) is 5.00 Å². The SMILES string of the molecule is COC(=O)c1sc(NC(=S)NCc2ccccc2Cl)c(C(=O)OC)c1C. The van der Waals surface area contributed by atoms with Crippen molar-refractivity contribution in [2.24, 2.45) is 0 Å². The first kappa shape index (κ1) is 20.2. The first-order chi connectivity index (χ1) is 12.4. The Morgan fingerprint density at radius 3 is 2.46 bits per heavy atom. The fourth-order valence-electron chi connectivity index (χ4n) is 2.20. The molecule has 0 bridgehead atoms. The highest BCUT2D eigenvalue weighted by molar-refractivity contribution is 7.80. The lowest BCUT2D eigenvalue weighted by Gasteiger charge is -2.11. The van der Waals surface area contributed by atoms with Gasteiger partial charge in [-0.1, -0.05) is 29.8 Å². The first-order valence-corrected chi connectivity index (χ1v) is 9.07. The van der Waals surface area contributed by atoms with Crippen LogP contribution in [0, 0.1) is 6.92 Å². The van der Waals surface area contributed by atoms with E-state index in [1.165, 1.54) is 14.2 Å². The summed E-state index contributed by atoms with van der Waals surface area (Å²) in [4.78, 5) is 24.3. The zero-order chi connectivity index (χ0) is 19.3. The van der Waals surface area contributed by atoms with E-state index in [4.69, 9.17) is 33.3 Å². The van der Waals surface area contributed by atoms with Gasteiger partial charge < -0.3 is 20.1 Å². The third-order valence-corrected chi connectivity index (χ3v) is 5.33. The largest absolute Gasteiger partial charge is 0.465 e. The van der Waals surface area contributed by atoms with Gasteiger partial charge in [-0.2, -0.15) is 0 Å². The highest BCUT2D eigenvalue weighted by atomic mass is 35.5. The molecule has 6 nitrogen and oxygen atoms in total. The number of carbonyl (C=O) groups excluding carboxylic acids is 2. The maximum absolute atomic E-state index is 12.1. The van der Waals surface area contributed by atoms with Gasteiger partial charge in [0.2, 0.25) is 0 Å². The summed E-state index contributed by atoms with van der Waals surface area (Å²) in [7, 11) is 2.55. The Labute approximate surface area is 165 Å². The molecule has 0 fully saturated rings. The number of anilines is 1. The van der Waals surface area contributed by atoms with Gasteiger partial charge in [-0.15, -0.1) is 11.3 Å². The van der Waals surface area contributed by atoms with Crippen molar-refractivity contribution in [2.45, 2.75) is 13.5 Å². The van der Waals surface area contributed by atoms with Crippen molar-refractivity contribution in [3.8, 4) is 0 Å². The number of ether oxygens (including phenoxy) is 2. The molecule has 138 valence electrons. The summed E-state index contributed by atoms with van der Waals surface area (Å²) in [5, 5.41) is 7.28. The van der Waals surface area contributed by atoms with Gasteiger partial charge in [-0.25, -0.2) is 9.59 Å². The van der Waals surface area contributed by atoms with Gasteiger partial charge in [0.25, 0.3) is 0 Å². The predicted octanol–water partition coefficient (Wildman–Crippen LogP) is 3.77. The minimum absolute atomic E-state index is 0.250. The quantitative estimate of drug-likeness (QED) is 0.571. The molecule has 1 aromatic carbocycles. The molecule has 1 heterocycles. The van der Waals surface area contributed by atoms with Crippen LogP contribution in [0.15, 0.2) is 24.3 Å². The van der Waals surface area contributed by atoms with Crippen LogP contribution in [-0.4, -0.2) is 31.3 Å². The smallest absolute Gasteiger partial charge is 0.348 e. The summed E-state index contributed by atoms with van der Waals surface area (Å²) >= 11 is 12.5. The van der Waals surface area contributed by atoms with Gasteiger partial charge in [0.05, 0.1) is 19.8 Å². The van der Waals surface area contributed by atoms with Crippen LogP contribution in [0.5, 0.6) is 0 Å². The monoisotopic (exact) mass is 412 g/mol. The minimum atomic E-state index is -0.565. The third kappa shape index (κ3) is 4.51. The molecule has 0 unspecified atom stereocenters. The Bertz CT molecular complexity index is 851. The fourth-order valence-corrected chi connectivity index (χ4v) is 3.76. The molecule has 1 aromatic heterocycles. The van der Waals surface area contributed by atoms with Gasteiger partial charge in [0, 0.05) is 11.6 Å². The highest BCUT2D eigenvalue weighted by Gasteiger charge is 2.26. The molecule has 0 saturated carbocycles. The zero-order valence-corrected chi connectivity index (χ0v) is 16.7. The Kier molecular flexibility index (Phi) is 6.96. The fraction of sp³-hybridized carbons (Fsp3) is 0.235. The van der Waals surface area contributed by atoms with Crippen LogP contribution in [0.3, 0.4) is 0 Å². The molecule has 0 aliphatic rings. The molecule has 0 saturated heterocycles. The lowest BCUT2D eigenvalue weighted by Crippen LogP contribution is -2.28. The van der Waals surface area contributed by atoms with Crippen molar-refractivity contribution in [1.82, 2.24) is 5.32 Å². The predicted molar refractivity (Wildman–Crippen MR) is 106 cm³/mol. The van der Waals surface area contributed by atoms with Crippen molar-refractivity contribution in [2.75, 3.05) is 19.5 Å². The van der Waals surface area contributed by atoms with Crippen LogP contribution in [0.1, 0.15) is 31.2 Å². The molecular weight excluding hydrogens is 396 g/mol. The van der Waals surface area contributed by atoms with Gasteiger partial charge >= 0.3 is 11.9 Å². The number of thiophene rings is 1. The van der Waals surface area contributed by atoms with Gasteiger partial charge in [0.1, 0.15) is 9.88 Å². The molecule has 0 atom stereocenters. The molecule has 0 spiro atoms. The van der Waals surface area contributed by atoms with E-state index in [0.717, 1.165) is 16.9 Å². The molecule has 2 rings (SSSR count). The molecule has 0 aliphatic carbocycles. The van der Waals surface area contributed by atoms with Crippen molar-refractivity contribution < 1.29 is 19.1 Å². The second kappa shape index (κ2) is 8.98. The third-order valence-electron chi connectivity index (χ3n) is 3.53. The van der Waals surface area contributed by atoms with Crippen LogP contribution < -0.4 is 10.6 Å². The second-order valence-electron chi connectivity index (χ2n) is 5.14. The van der Waals surface area contributed by atoms with E-state index in [1.807, 2.05) is 18.2 Å². The van der Waals surface area contributed by atoms with Gasteiger partial charge in [-0.3, -0.25) is 0 Å². The van der Waals surface area contributed by atoms with E-state index in [0.29, 0.717) is 27.0 Å². The summed E-state index contributed by atoms with van der Waals surface area (Å²) in [5.41, 5.74) is 1.61. The average Bonchev–Trinajstić information content (AvgIpc) is 2.95. The molecule has 0 amide bonds. The number of halogens is 1. The maximum Gasteiger partial charge on any atom is 0.348 e. The van der Waals surface area contributed by atoms with Crippen molar-refractivity contribution in [1.29, 1.82) is 0 Å². The molecule has 2 aromatic rings. The standard InChI is InChI=1S/C17H17ClN2O4S2/c1-9-12(15(21)23-2)14(26-13(9)16(22)24-3)20-17(25)19-8-10-6-4-5-7-11(10)18/h4-7H,8H2,1-3H3,(H2,19,20,25). The van der Waals surface area contributed by atoms with E-state index in [2.05, 4.69) is 10.6 Å².